The first kappa shape index (κ1) is 15.7. The van der Waals surface area contributed by atoms with E-state index in [1.54, 1.807) is 20.8 Å². The van der Waals surface area contributed by atoms with Gasteiger partial charge in [-0.25, -0.2) is 14.8 Å². The lowest BCUT2D eigenvalue weighted by atomic mass is 10.1. The largest absolute Gasteiger partial charge is 0.458 e. The van der Waals surface area contributed by atoms with Crippen LogP contribution in [-0.4, -0.2) is 44.9 Å². The van der Waals surface area contributed by atoms with Crippen molar-refractivity contribution in [2.24, 2.45) is 0 Å². The van der Waals surface area contributed by atoms with E-state index in [0.717, 1.165) is 6.42 Å². The highest BCUT2D eigenvalue weighted by molar-refractivity contribution is 6.29. The minimum absolute atomic E-state index is 0.176. The van der Waals surface area contributed by atoms with Crippen LogP contribution < -0.4 is 0 Å². The number of carbonyl (C=O) groups is 2. The van der Waals surface area contributed by atoms with Crippen LogP contribution in [-0.2, 0) is 9.53 Å². The number of esters is 1. The molecule has 0 unspecified atom stereocenters. The molecule has 0 N–H and O–H groups in total. The van der Waals surface area contributed by atoms with Gasteiger partial charge in [-0.2, -0.15) is 0 Å². The smallest absolute Gasteiger partial charge is 0.329 e. The fourth-order valence-corrected chi connectivity index (χ4v) is 2.29. The van der Waals surface area contributed by atoms with Crippen molar-refractivity contribution in [2.75, 3.05) is 6.54 Å². The molecule has 6 nitrogen and oxygen atoms in total. The quantitative estimate of drug-likeness (QED) is 0.782. The molecule has 1 aromatic rings. The molecule has 21 heavy (non-hydrogen) atoms. The van der Waals surface area contributed by atoms with Crippen molar-refractivity contribution in [3.63, 3.8) is 0 Å². The van der Waals surface area contributed by atoms with Crippen molar-refractivity contribution >= 4 is 23.5 Å². The highest BCUT2D eigenvalue weighted by Crippen LogP contribution is 2.22. The van der Waals surface area contributed by atoms with Crippen LogP contribution in [0.15, 0.2) is 12.4 Å². The molecule has 2 heterocycles. The average molecular weight is 312 g/mol. The summed E-state index contributed by atoms with van der Waals surface area (Å²) in [6.45, 7) is 5.91. The molecule has 1 saturated heterocycles. The summed E-state index contributed by atoms with van der Waals surface area (Å²) < 4.78 is 5.37. The SMILES string of the molecule is CC(C)(C)OC(=O)[C@H]1CCCN1C(=O)c1cnc(Cl)cn1. The molecule has 1 amide bonds. The fraction of sp³-hybridized carbons (Fsp3) is 0.571. The molecule has 0 aromatic carbocycles. The Kier molecular flexibility index (Phi) is 4.46. The van der Waals surface area contributed by atoms with Crippen LogP contribution in [0.1, 0.15) is 44.1 Å². The van der Waals surface area contributed by atoms with Gasteiger partial charge in [-0.05, 0) is 33.6 Å². The normalized spacial score (nSPS) is 18.7. The minimum atomic E-state index is -0.575. The molecule has 7 heteroatoms. The molecule has 1 fully saturated rings. The zero-order chi connectivity index (χ0) is 15.6. The Labute approximate surface area is 128 Å². The molecule has 1 atom stereocenters. The number of amides is 1. The van der Waals surface area contributed by atoms with Crippen LogP contribution in [0.2, 0.25) is 5.15 Å². The van der Waals surface area contributed by atoms with Crippen molar-refractivity contribution < 1.29 is 14.3 Å². The number of aromatic nitrogens is 2. The number of hydrogen-bond donors (Lipinski definition) is 0. The molecule has 114 valence electrons. The van der Waals surface area contributed by atoms with Gasteiger partial charge in [0.2, 0.25) is 0 Å². The Balaban J connectivity index is 2.13. The second kappa shape index (κ2) is 5.97. The van der Waals surface area contributed by atoms with Crippen LogP contribution in [0.3, 0.4) is 0 Å². The minimum Gasteiger partial charge on any atom is -0.458 e. The molecule has 0 radical (unpaired) electrons. The first-order valence-corrected chi connectivity index (χ1v) is 7.17. The Morgan fingerprint density at radius 1 is 1.33 bits per heavy atom. The van der Waals surface area contributed by atoms with Crippen LogP contribution in [0.5, 0.6) is 0 Å². The van der Waals surface area contributed by atoms with E-state index in [-0.39, 0.29) is 22.7 Å². The first-order chi connectivity index (χ1) is 9.78. The van der Waals surface area contributed by atoms with Gasteiger partial charge in [0.15, 0.2) is 0 Å². The van der Waals surface area contributed by atoms with Gasteiger partial charge >= 0.3 is 5.97 Å². The van der Waals surface area contributed by atoms with Gasteiger partial charge in [-0.15, -0.1) is 0 Å². The van der Waals surface area contributed by atoms with Gasteiger partial charge in [0.05, 0.1) is 12.4 Å². The molecular weight excluding hydrogens is 294 g/mol. The summed E-state index contributed by atoms with van der Waals surface area (Å²) >= 11 is 5.66. The monoisotopic (exact) mass is 311 g/mol. The lowest BCUT2D eigenvalue weighted by Gasteiger charge is -2.27. The topological polar surface area (TPSA) is 72.4 Å². The zero-order valence-corrected chi connectivity index (χ0v) is 13.1. The van der Waals surface area contributed by atoms with Gasteiger partial charge in [-0.3, -0.25) is 4.79 Å². The number of nitrogens with zero attached hydrogens (tertiary/aromatic N) is 3. The Morgan fingerprint density at radius 2 is 2.05 bits per heavy atom. The standard InChI is InChI=1S/C14H18ClN3O3/c1-14(2,3)21-13(20)10-5-4-6-18(10)12(19)9-7-17-11(15)8-16-9/h7-8,10H,4-6H2,1-3H3/t10-/m1/s1. The third-order valence-corrected chi connectivity index (χ3v) is 3.23. The highest BCUT2D eigenvalue weighted by Gasteiger charge is 2.37. The first-order valence-electron chi connectivity index (χ1n) is 6.79. The van der Waals surface area contributed by atoms with E-state index >= 15 is 0 Å². The van der Waals surface area contributed by atoms with Gasteiger partial charge in [0.25, 0.3) is 5.91 Å². The summed E-state index contributed by atoms with van der Waals surface area (Å²) in [5.41, 5.74) is -0.399. The van der Waals surface area contributed by atoms with E-state index in [9.17, 15) is 9.59 Å². The second-order valence-corrected chi connectivity index (χ2v) is 6.30. The van der Waals surface area contributed by atoms with E-state index in [0.29, 0.717) is 13.0 Å². The molecule has 1 aliphatic rings. The Morgan fingerprint density at radius 3 is 2.62 bits per heavy atom. The molecule has 0 saturated carbocycles. The number of carbonyl (C=O) groups excluding carboxylic acids is 2. The van der Waals surface area contributed by atoms with Crippen molar-refractivity contribution in [3.8, 4) is 0 Å². The van der Waals surface area contributed by atoms with E-state index in [1.165, 1.54) is 17.3 Å². The number of likely N-dealkylation sites (tertiary alicyclic amines) is 1. The third kappa shape index (κ3) is 3.91. The summed E-state index contributed by atoms with van der Waals surface area (Å²) in [7, 11) is 0. The van der Waals surface area contributed by atoms with Gasteiger partial charge in [-0.1, -0.05) is 11.6 Å². The maximum absolute atomic E-state index is 12.4. The Hall–Kier alpha value is -1.69. The number of halogens is 1. The average Bonchev–Trinajstić information content (AvgIpc) is 2.86. The lowest BCUT2D eigenvalue weighted by molar-refractivity contribution is -0.159. The predicted octanol–water partition coefficient (Wildman–Crippen LogP) is 2.08. The van der Waals surface area contributed by atoms with Crippen LogP contribution in [0.25, 0.3) is 0 Å². The molecule has 1 aromatic heterocycles. The molecule has 1 aliphatic heterocycles. The third-order valence-electron chi connectivity index (χ3n) is 3.03. The summed E-state index contributed by atoms with van der Waals surface area (Å²) in [6.07, 6.45) is 3.99. The van der Waals surface area contributed by atoms with E-state index in [1.807, 2.05) is 0 Å². The van der Waals surface area contributed by atoms with Crippen LogP contribution in [0, 0.1) is 0 Å². The molecule has 2 rings (SSSR count). The molecule has 0 bridgehead atoms. The summed E-state index contributed by atoms with van der Waals surface area (Å²) in [6, 6.07) is -0.561. The summed E-state index contributed by atoms with van der Waals surface area (Å²) in [4.78, 5) is 33.9. The molecular formula is C14H18ClN3O3. The number of rotatable bonds is 2. The molecule has 0 aliphatic carbocycles. The van der Waals surface area contributed by atoms with E-state index in [2.05, 4.69) is 9.97 Å². The van der Waals surface area contributed by atoms with Crippen molar-refractivity contribution in [2.45, 2.75) is 45.3 Å². The van der Waals surface area contributed by atoms with Gasteiger partial charge in [0, 0.05) is 6.54 Å². The number of hydrogen-bond acceptors (Lipinski definition) is 5. The van der Waals surface area contributed by atoms with E-state index in [4.69, 9.17) is 16.3 Å². The van der Waals surface area contributed by atoms with Gasteiger partial charge < -0.3 is 9.64 Å². The highest BCUT2D eigenvalue weighted by atomic mass is 35.5. The lowest BCUT2D eigenvalue weighted by Crippen LogP contribution is -2.43. The maximum Gasteiger partial charge on any atom is 0.329 e. The van der Waals surface area contributed by atoms with Crippen molar-refractivity contribution in [3.05, 3.63) is 23.2 Å². The van der Waals surface area contributed by atoms with E-state index < -0.39 is 11.6 Å². The van der Waals surface area contributed by atoms with Crippen LogP contribution >= 0.6 is 11.6 Å². The summed E-state index contributed by atoms with van der Waals surface area (Å²) in [5, 5.41) is 0.219. The number of ether oxygens (including phenoxy) is 1. The fourth-order valence-electron chi connectivity index (χ4n) is 2.19. The second-order valence-electron chi connectivity index (χ2n) is 5.91. The van der Waals surface area contributed by atoms with Crippen molar-refractivity contribution in [1.29, 1.82) is 0 Å². The zero-order valence-electron chi connectivity index (χ0n) is 12.3. The Bertz CT molecular complexity index is 539. The maximum atomic E-state index is 12.4. The predicted molar refractivity (Wildman–Crippen MR) is 76.9 cm³/mol. The molecule has 0 spiro atoms. The summed E-state index contributed by atoms with van der Waals surface area (Å²) in [5.74, 6) is -0.706. The van der Waals surface area contributed by atoms with Crippen molar-refractivity contribution in [1.82, 2.24) is 14.9 Å². The van der Waals surface area contributed by atoms with Gasteiger partial charge in [0.1, 0.15) is 22.5 Å². The van der Waals surface area contributed by atoms with Crippen LogP contribution in [0.4, 0.5) is 0 Å².